The summed E-state index contributed by atoms with van der Waals surface area (Å²) in [6.45, 7) is 4.09. The van der Waals surface area contributed by atoms with Crippen molar-refractivity contribution < 1.29 is 32.2 Å². The number of hydrogen-bond acceptors (Lipinski definition) is 4. The van der Waals surface area contributed by atoms with E-state index in [1.807, 2.05) is 0 Å². The van der Waals surface area contributed by atoms with Crippen LogP contribution in [0.4, 0.5) is 18.0 Å². The number of carbonyl (C=O) groups is 2. The van der Waals surface area contributed by atoms with Gasteiger partial charge < -0.3 is 9.47 Å². The van der Waals surface area contributed by atoms with Crippen molar-refractivity contribution in [1.82, 2.24) is 4.90 Å². The molecule has 1 saturated heterocycles. The minimum atomic E-state index is -4.50. The van der Waals surface area contributed by atoms with Gasteiger partial charge in [-0.3, -0.25) is 4.90 Å². The summed E-state index contributed by atoms with van der Waals surface area (Å²) in [7, 11) is 0. The van der Waals surface area contributed by atoms with Gasteiger partial charge in [0, 0.05) is 6.54 Å². The number of amides is 1. The Morgan fingerprint density at radius 1 is 1.29 bits per heavy atom. The number of hydrogen-bond donors (Lipinski definition) is 0. The molecule has 21 heavy (non-hydrogen) atoms. The van der Waals surface area contributed by atoms with Crippen molar-refractivity contribution in [1.29, 1.82) is 0 Å². The molecule has 1 rings (SSSR count). The van der Waals surface area contributed by atoms with Crippen LogP contribution in [0, 0.1) is 5.92 Å². The van der Waals surface area contributed by atoms with E-state index in [-0.39, 0.29) is 0 Å². The number of alkyl halides is 4. The molecule has 0 bridgehead atoms. The van der Waals surface area contributed by atoms with Gasteiger partial charge in [-0.15, -0.1) is 0 Å². The zero-order valence-electron chi connectivity index (χ0n) is 11.9. The van der Waals surface area contributed by atoms with Crippen LogP contribution in [0.2, 0.25) is 0 Å². The molecule has 0 N–H and O–H groups in total. The minimum absolute atomic E-state index is 0.492. The standard InChI is InChI=1S/C12H17ClF3NO4/c1-11(2,3)21-10(19)17-5-7(12(14,15)16)4-8(17)9(18)20-6-13/h7-8H,4-6H2,1-3H3. The van der Waals surface area contributed by atoms with Crippen LogP contribution in [0.25, 0.3) is 0 Å². The fourth-order valence-corrected chi connectivity index (χ4v) is 2.08. The van der Waals surface area contributed by atoms with Crippen LogP contribution >= 0.6 is 11.6 Å². The van der Waals surface area contributed by atoms with Crippen molar-refractivity contribution in [3.05, 3.63) is 0 Å². The van der Waals surface area contributed by atoms with Crippen LogP contribution in [-0.2, 0) is 14.3 Å². The Morgan fingerprint density at radius 2 is 1.86 bits per heavy atom. The molecule has 0 radical (unpaired) electrons. The Balaban J connectivity index is 2.91. The highest BCUT2D eigenvalue weighted by Crippen LogP contribution is 2.37. The average Bonchev–Trinajstić information content (AvgIpc) is 2.71. The molecule has 0 spiro atoms. The molecule has 1 fully saturated rings. The van der Waals surface area contributed by atoms with E-state index in [0.717, 1.165) is 4.90 Å². The summed E-state index contributed by atoms with van der Waals surface area (Å²) in [5.74, 6) is -2.76. The largest absolute Gasteiger partial charge is 0.448 e. The lowest BCUT2D eigenvalue weighted by Crippen LogP contribution is -2.44. The van der Waals surface area contributed by atoms with Crippen molar-refractivity contribution in [3.63, 3.8) is 0 Å². The highest BCUT2D eigenvalue weighted by atomic mass is 35.5. The summed E-state index contributed by atoms with van der Waals surface area (Å²) >= 11 is 5.23. The highest BCUT2D eigenvalue weighted by Gasteiger charge is 2.52. The molecule has 122 valence electrons. The van der Waals surface area contributed by atoms with Crippen LogP contribution in [0.3, 0.4) is 0 Å². The quantitative estimate of drug-likeness (QED) is 0.576. The van der Waals surface area contributed by atoms with Gasteiger partial charge in [-0.25, -0.2) is 9.59 Å². The van der Waals surface area contributed by atoms with E-state index in [1.165, 1.54) is 0 Å². The third-order valence-corrected chi connectivity index (χ3v) is 2.97. The Kier molecular flexibility index (Phi) is 5.35. The number of halogens is 4. The Hall–Kier alpha value is -1.18. The summed E-state index contributed by atoms with van der Waals surface area (Å²) in [5, 5.41) is 0. The van der Waals surface area contributed by atoms with E-state index in [2.05, 4.69) is 4.74 Å². The van der Waals surface area contributed by atoms with E-state index < -0.39 is 54.8 Å². The third kappa shape index (κ3) is 4.94. The lowest BCUT2D eigenvalue weighted by Gasteiger charge is -2.27. The molecule has 5 nitrogen and oxygen atoms in total. The van der Waals surface area contributed by atoms with Gasteiger partial charge in [-0.2, -0.15) is 13.2 Å². The average molecular weight is 332 g/mol. The van der Waals surface area contributed by atoms with E-state index >= 15 is 0 Å². The molecule has 0 aliphatic carbocycles. The highest BCUT2D eigenvalue weighted by molar-refractivity contribution is 6.17. The normalized spacial score (nSPS) is 23.1. The summed E-state index contributed by atoms with van der Waals surface area (Å²) in [4.78, 5) is 24.4. The van der Waals surface area contributed by atoms with Gasteiger partial charge in [0.1, 0.15) is 11.6 Å². The molecule has 0 aromatic carbocycles. The molecule has 0 aromatic rings. The molecule has 1 heterocycles. The predicted octanol–water partition coefficient (Wildman–Crippen LogP) is 2.91. The molecule has 1 aliphatic heterocycles. The monoisotopic (exact) mass is 331 g/mol. The SMILES string of the molecule is CC(C)(C)OC(=O)N1CC(C(F)(F)F)CC1C(=O)OCCl. The Labute approximate surface area is 125 Å². The van der Waals surface area contributed by atoms with Gasteiger partial charge >= 0.3 is 18.2 Å². The fourth-order valence-electron chi connectivity index (χ4n) is 1.97. The Bertz CT molecular complexity index is 408. The maximum Gasteiger partial charge on any atom is 0.411 e. The van der Waals surface area contributed by atoms with Crippen molar-refractivity contribution >= 4 is 23.7 Å². The molecule has 0 saturated carbocycles. The number of esters is 1. The number of likely N-dealkylation sites (tertiary alicyclic amines) is 1. The topological polar surface area (TPSA) is 55.8 Å². The number of carbonyl (C=O) groups excluding carboxylic acids is 2. The molecule has 2 atom stereocenters. The summed E-state index contributed by atoms with van der Waals surface area (Å²) in [6, 6.07) is -1.83. The minimum Gasteiger partial charge on any atom is -0.448 e. The van der Waals surface area contributed by atoms with Gasteiger partial charge in [0.2, 0.25) is 0 Å². The van der Waals surface area contributed by atoms with Crippen LogP contribution in [-0.4, -0.2) is 47.4 Å². The lowest BCUT2D eigenvalue weighted by atomic mass is 10.1. The zero-order chi connectivity index (χ0) is 16.4. The maximum atomic E-state index is 12.8. The molecule has 2 unspecified atom stereocenters. The second kappa shape index (κ2) is 6.29. The first-order valence-electron chi connectivity index (χ1n) is 6.24. The van der Waals surface area contributed by atoms with E-state index in [1.54, 1.807) is 20.8 Å². The fraction of sp³-hybridized carbons (Fsp3) is 0.833. The third-order valence-electron chi connectivity index (χ3n) is 2.86. The van der Waals surface area contributed by atoms with Crippen LogP contribution in [0.15, 0.2) is 0 Å². The number of rotatable bonds is 2. The molecule has 1 amide bonds. The van der Waals surface area contributed by atoms with Crippen LogP contribution in [0.1, 0.15) is 27.2 Å². The maximum absolute atomic E-state index is 12.8. The summed E-state index contributed by atoms with van der Waals surface area (Å²) in [6.07, 6.45) is -6.04. The number of nitrogens with zero attached hydrogens (tertiary/aromatic N) is 1. The molecule has 0 aromatic heterocycles. The number of ether oxygens (including phenoxy) is 2. The second-order valence-electron chi connectivity index (χ2n) is 5.70. The van der Waals surface area contributed by atoms with E-state index in [0.29, 0.717) is 0 Å². The van der Waals surface area contributed by atoms with Gasteiger partial charge in [0.25, 0.3) is 0 Å². The van der Waals surface area contributed by atoms with E-state index in [4.69, 9.17) is 16.3 Å². The van der Waals surface area contributed by atoms with Crippen molar-refractivity contribution in [2.45, 2.75) is 45.0 Å². The van der Waals surface area contributed by atoms with Crippen LogP contribution < -0.4 is 0 Å². The van der Waals surface area contributed by atoms with Crippen LogP contribution in [0.5, 0.6) is 0 Å². The Morgan fingerprint density at radius 3 is 2.29 bits per heavy atom. The van der Waals surface area contributed by atoms with Gasteiger partial charge in [-0.1, -0.05) is 11.6 Å². The summed E-state index contributed by atoms with van der Waals surface area (Å²) < 4.78 is 47.9. The summed E-state index contributed by atoms with van der Waals surface area (Å²) in [5.41, 5.74) is -0.881. The van der Waals surface area contributed by atoms with Gasteiger partial charge in [0.15, 0.2) is 6.07 Å². The molecule has 1 aliphatic rings. The predicted molar refractivity (Wildman–Crippen MR) is 67.7 cm³/mol. The lowest BCUT2D eigenvalue weighted by molar-refractivity contribution is -0.170. The molecule has 9 heteroatoms. The van der Waals surface area contributed by atoms with E-state index in [9.17, 15) is 22.8 Å². The van der Waals surface area contributed by atoms with Gasteiger partial charge in [0.05, 0.1) is 5.92 Å². The van der Waals surface area contributed by atoms with Crippen molar-refractivity contribution in [2.24, 2.45) is 5.92 Å². The van der Waals surface area contributed by atoms with Crippen molar-refractivity contribution in [3.8, 4) is 0 Å². The van der Waals surface area contributed by atoms with Gasteiger partial charge in [-0.05, 0) is 27.2 Å². The smallest absolute Gasteiger partial charge is 0.411 e. The first kappa shape index (κ1) is 17.9. The zero-order valence-corrected chi connectivity index (χ0v) is 12.6. The van der Waals surface area contributed by atoms with Crippen molar-refractivity contribution in [2.75, 3.05) is 12.6 Å². The molecular formula is C12H17ClF3NO4. The second-order valence-corrected chi connectivity index (χ2v) is 5.91. The first-order chi connectivity index (χ1) is 9.45. The first-order valence-corrected chi connectivity index (χ1v) is 6.78. The molecular weight excluding hydrogens is 315 g/mol.